The largest absolute Gasteiger partial charge is 0.437 e. The van der Waals surface area contributed by atoms with E-state index >= 15 is 0 Å². The van der Waals surface area contributed by atoms with Gasteiger partial charge in [-0.3, -0.25) is 0 Å². The summed E-state index contributed by atoms with van der Waals surface area (Å²) in [6.45, 7) is 0. The molecule has 0 aliphatic carbocycles. The molecule has 0 radical (unpaired) electrons. The molecule has 1 aliphatic rings. The molecule has 6 nitrogen and oxygen atoms in total. The Kier molecular flexibility index (Phi) is 3.51. The zero-order valence-electron chi connectivity index (χ0n) is 13.8. The number of rotatable bonds is 1. The Bertz CT molecular complexity index is 1250. The summed E-state index contributed by atoms with van der Waals surface area (Å²) in [6, 6.07) is 14.9. The maximum absolute atomic E-state index is 12.9. The summed E-state index contributed by atoms with van der Waals surface area (Å²) >= 11 is 3.44. The molecule has 1 aliphatic heterocycles. The second-order valence-electron chi connectivity index (χ2n) is 6.19. The number of halogens is 1. The van der Waals surface area contributed by atoms with Gasteiger partial charge in [0.05, 0.1) is 22.4 Å². The SMILES string of the molecule is Nc1ncnc2c1C(c1ccc(Br)cc1)c1c(c3ccccc3oc1=O)O2. The van der Waals surface area contributed by atoms with Crippen LogP contribution in [0.5, 0.6) is 11.6 Å². The molecule has 1 atom stereocenters. The zero-order chi connectivity index (χ0) is 18.5. The normalized spacial score (nSPS) is 15.1. The molecule has 0 bridgehead atoms. The third kappa shape index (κ3) is 2.43. The van der Waals surface area contributed by atoms with Crippen LogP contribution in [0.15, 0.2) is 68.5 Å². The second-order valence-corrected chi connectivity index (χ2v) is 7.11. The van der Waals surface area contributed by atoms with E-state index in [1.807, 2.05) is 36.4 Å². The summed E-state index contributed by atoms with van der Waals surface area (Å²) in [4.78, 5) is 21.3. The van der Waals surface area contributed by atoms with Crippen LogP contribution in [0.1, 0.15) is 22.6 Å². The minimum atomic E-state index is -0.487. The van der Waals surface area contributed by atoms with Crippen LogP contribution >= 0.6 is 15.9 Å². The van der Waals surface area contributed by atoms with Gasteiger partial charge in [0.1, 0.15) is 17.7 Å². The lowest BCUT2D eigenvalue weighted by Gasteiger charge is -2.27. The first kappa shape index (κ1) is 16.0. The van der Waals surface area contributed by atoms with Gasteiger partial charge in [0.2, 0.25) is 5.88 Å². The molecule has 0 amide bonds. The fourth-order valence-electron chi connectivity index (χ4n) is 3.47. The van der Waals surface area contributed by atoms with Crippen molar-refractivity contribution in [3.8, 4) is 11.6 Å². The minimum Gasteiger partial charge on any atom is -0.437 e. The van der Waals surface area contributed by atoms with Gasteiger partial charge >= 0.3 is 5.63 Å². The molecule has 2 aromatic carbocycles. The third-order valence-corrected chi connectivity index (χ3v) is 5.19. The molecule has 4 aromatic rings. The van der Waals surface area contributed by atoms with Crippen molar-refractivity contribution in [2.24, 2.45) is 0 Å². The van der Waals surface area contributed by atoms with Gasteiger partial charge in [-0.1, -0.05) is 40.2 Å². The maximum Gasteiger partial charge on any atom is 0.344 e. The van der Waals surface area contributed by atoms with Crippen LogP contribution in [0, 0.1) is 0 Å². The Hall–Kier alpha value is -3.19. The Morgan fingerprint density at radius 3 is 2.59 bits per heavy atom. The van der Waals surface area contributed by atoms with E-state index < -0.39 is 11.5 Å². The summed E-state index contributed by atoms with van der Waals surface area (Å²) < 4.78 is 12.5. The lowest BCUT2D eigenvalue weighted by Crippen LogP contribution is -2.22. The first-order valence-electron chi connectivity index (χ1n) is 8.23. The zero-order valence-corrected chi connectivity index (χ0v) is 15.4. The highest BCUT2D eigenvalue weighted by atomic mass is 79.9. The predicted molar refractivity (Wildman–Crippen MR) is 104 cm³/mol. The first-order valence-corrected chi connectivity index (χ1v) is 9.02. The number of ether oxygens (including phenoxy) is 1. The number of hydrogen-bond donors (Lipinski definition) is 1. The second kappa shape index (κ2) is 5.92. The van der Waals surface area contributed by atoms with Crippen molar-refractivity contribution < 1.29 is 9.15 Å². The Labute approximate surface area is 161 Å². The molecule has 7 heteroatoms. The third-order valence-electron chi connectivity index (χ3n) is 4.66. The fourth-order valence-corrected chi connectivity index (χ4v) is 3.73. The van der Waals surface area contributed by atoms with Crippen molar-refractivity contribution in [2.75, 3.05) is 5.73 Å². The molecule has 2 N–H and O–H groups in total. The average Bonchev–Trinajstić information content (AvgIpc) is 2.68. The first-order chi connectivity index (χ1) is 13.1. The van der Waals surface area contributed by atoms with Gasteiger partial charge < -0.3 is 14.9 Å². The standard InChI is InChI=1S/C20H12BrN3O3/c21-11-7-5-10(6-8-11)14-15-17(27-19-16(14)18(22)23-9-24-19)12-3-1-2-4-13(12)26-20(15)25/h1-9,14H,(H2,22,23,24). The summed E-state index contributed by atoms with van der Waals surface area (Å²) in [5.41, 5.74) is 7.97. The van der Waals surface area contributed by atoms with Gasteiger partial charge in [0.15, 0.2) is 5.75 Å². The van der Waals surface area contributed by atoms with E-state index in [2.05, 4.69) is 25.9 Å². The van der Waals surface area contributed by atoms with E-state index in [0.717, 1.165) is 10.0 Å². The number of anilines is 1. The lowest BCUT2D eigenvalue weighted by molar-refractivity contribution is 0.423. The van der Waals surface area contributed by atoms with E-state index in [9.17, 15) is 4.79 Å². The van der Waals surface area contributed by atoms with Crippen LogP contribution in [0.3, 0.4) is 0 Å². The lowest BCUT2D eigenvalue weighted by atomic mass is 9.84. The molecule has 1 unspecified atom stereocenters. The molecule has 3 heterocycles. The summed E-state index contributed by atoms with van der Waals surface area (Å²) in [5.74, 6) is 0.573. The van der Waals surface area contributed by atoms with Crippen LogP contribution in [0.25, 0.3) is 11.0 Å². The van der Waals surface area contributed by atoms with Crippen LogP contribution in [-0.4, -0.2) is 9.97 Å². The summed E-state index contributed by atoms with van der Waals surface area (Å²) in [5, 5.41) is 0.706. The van der Waals surface area contributed by atoms with Crippen molar-refractivity contribution in [2.45, 2.75) is 5.92 Å². The predicted octanol–water partition coefficient (Wildman–Crippen LogP) is 4.21. The van der Waals surface area contributed by atoms with Crippen molar-refractivity contribution in [1.29, 1.82) is 0 Å². The van der Waals surface area contributed by atoms with Crippen molar-refractivity contribution in [3.63, 3.8) is 0 Å². The highest BCUT2D eigenvalue weighted by Gasteiger charge is 2.36. The van der Waals surface area contributed by atoms with Gasteiger partial charge in [0.25, 0.3) is 0 Å². The van der Waals surface area contributed by atoms with Crippen molar-refractivity contribution in [3.05, 3.63) is 86.4 Å². The van der Waals surface area contributed by atoms with Crippen LogP contribution < -0.4 is 16.1 Å². The Balaban J connectivity index is 1.89. The number of nitrogens with zero attached hydrogens (tertiary/aromatic N) is 2. The molecular weight excluding hydrogens is 410 g/mol. The molecule has 2 aromatic heterocycles. The van der Waals surface area contributed by atoms with Gasteiger partial charge in [-0.25, -0.2) is 14.8 Å². The molecule has 132 valence electrons. The number of nitrogens with two attached hydrogens (primary N) is 1. The number of nitrogen functional groups attached to an aromatic ring is 1. The topological polar surface area (TPSA) is 91.2 Å². The maximum atomic E-state index is 12.9. The average molecular weight is 422 g/mol. The molecule has 0 saturated carbocycles. The van der Waals surface area contributed by atoms with E-state index in [1.165, 1.54) is 6.33 Å². The highest BCUT2D eigenvalue weighted by molar-refractivity contribution is 9.10. The molecule has 27 heavy (non-hydrogen) atoms. The quantitative estimate of drug-likeness (QED) is 0.407. The van der Waals surface area contributed by atoms with E-state index in [4.69, 9.17) is 14.9 Å². The highest BCUT2D eigenvalue weighted by Crippen LogP contribution is 2.48. The summed E-state index contributed by atoms with van der Waals surface area (Å²) in [7, 11) is 0. The monoisotopic (exact) mass is 421 g/mol. The molecular formula is C20H12BrN3O3. The van der Waals surface area contributed by atoms with Crippen LogP contribution in [-0.2, 0) is 0 Å². The molecule has 0 spiro atoms. The molecule has 5 rings (SSSR count). The molecule has 0 fully saturated rings. The Morgan fingerprint density at radius 1 is 1.00 bits per heavy atom. The molecule has 0 saturated heterocycles. The number of aromatic nitrogens is 2. The number of benzene rings is 2. The van der Waals surface area contributed by atoms with Gasteiger partial charge in [-0.2, -0.15) is 0 Å². The smallest absolute Gasteiger partial charge is 0.344 e. The van der Waals surface area contributed by atoms with E-state index in [0.29, 0.717) is 33.7 Å². The van der Waals surface area contributed by atoms with Crippen LogP contribution in [0.2, 0.25) is 0 Å². The van der Waals surface area contributed by atoms with Gasteiger partial charge in [-0.15, -0.1) is 0 Å². The number of hydrogen-bond acceptors (Lipinski definition) is 6. The van der Waals surface area contributed by atoms with Crippen molar-refractivity contribution in [1.82, 2.24) is 9.97 Å². The van der Waals surface area contributed by atoms with Gasteiger partial charge in [0, 0.05) is 4.47 Å². The van der Waals surface area contributed by atoms with Crippen LogP contribution in [0.4, 0.5) is 5.82 Å². The van der Waals surface area contributed by atoms with Gasteiger partial charge in [-0.05, 0) is 29.8 Å². The van der Waals surface area contributed by atoms with Crippen molar-refractivity contribution >= 4 is 32.7 Å². The number of fused-ring (bicyclic) bond motifs is 4. The Morgan fingerprint density at radius 2 is 1.78 bits per heavy atom. The number of para-hydroxylation sites is 1. The van der Waals surface area contributed by atoms with E-state index in [1.54, 1.807) is 12.1 Å². The van der Waals surface area contributed by atoms with E-state index in [-0.39, 0.29) is 5.82 Å². The fraction of sp³-hybridized carbons (Fsp3) is 0.0500. The minimum absolute atomic E-state index is 0.270. The summed E-state index contributed by atoms with van der Waals surface area (Å²) in [6.07, 6.45) is 1.35.